The van der Waals surface area contributed by atoms with Gasteiger partial charge in [-0.25, -0.2) is 0 Å². The van der Waals surface area contributed by atoms with Crippen LogP contribution in [0.25, 0.3) is 0 Å². The summed E-state index contributed by atoms with van der Waals surface area (Å²) in [5.41, 5.74) is 1.73. The second-order valence-electron chi connectivity index (χ2n) is 6.47. The molecule has 2 aromatic rings. The number of rotatable bonds is 7. The van der Waals surface area contributed by atoms with Crippen LogP contribution in [0.4, 0.5) is 18.9 Å². The van der Waals surface area contributed by atoms with E-state index in [1.807, 2.05) is 31.2 Å². The van der Waals surface area contributed by atoms with Crippen LogP contribution in [-0.4, -0.2) is 18.9 Å². The molecular formula is C21H26F3IN4O. The molecule has 164 valence electrons. The Balaban J connectivity index is 0.00000450. The number of halogens is 4. The minimum absolute atomic E-state index is 0. The zero-order chi connectivity index (χ0) is 21.3. The summed E-state index contributed by atoms with van der Waals surface area (Å²) >= 11 is 0. The van der Waals surface area contributed by atoms with Crippen LogP contribution in [0.15, 0.2) is 53.5 Å². The number of hydrogen-bond donors (Lipinski definition) is 3. The van der Waals surface area contributed by atoms with E-state index in [9.17, 15) is 18.0 Å². The summed E-state index contributed by atoms with van der Waals surface area (Å²) in [5.74, 6) is 0.497. The number of anilines is 1. The second kappa shape index (κ2) is 12.4. The number of nitrogens with one attached hydrogen (secondary N) is 3. The van der Waals surface area contributed by atoms with Gasteiger partial charge in [-0.3, -0.25) is 9.79 Å². The molecule has 1 amide bonds. The van der Waals surface area contributed by atoms with Gasteiger partial charge in [-0.1, -0.05) is 31.2 Å². The molecule has 30 heavy (non-hydrogen) atoms. The Kier molecular flexibility index (Phi) is 10.6. The topological polar surface area (TPSA) is 65.5 Å². The molecule has 0 aliphatic carbocycles. The number of guanidine groups is 1. The molecule has 5 nitrogen and oxygen atoms in total. The quantitative estimate of drug-likeness (QED) is 0.268. The number of amides is 1. The zero-order valence-corrected chi connectivity index (χ0v) is 19.2. The van der Waals surface area contributed by atoms with Crippen molar-refractivity contribution in [1.82, 2.24) is 10.6 Å². The first-order valence-corrected chi connectivity index (χ1v) is 9.31. The number of carbonyl (C=O) groups is 1. The van der Waals surface area contributed by atoms with Crippen molar-refractivity contribution in [3.63, 3.8) is 0 Å². The molecule has 0 aliphatic rings. The molecule has 2 aromatic carbocycles. The molecule has 0 spiro atoms. The van der Waals surface area contributed by atoms with Crippen LogP contribution in [0.1, 0.15) is 36.5 Å². The van der Waals surface area contributed by atoms with Gasteiger partial charge in [-0.15, -0.1) is 24.0 Å². The van der Waals surface area contributed by atoms with E-state index >= 15 is 0 Å². The van der Waals surface area contributed by atoms with Crippen molar-refractivity contribution in [3.05, 3.63) is 65.2 Å². The fraction of sp³-hybridized carbons (Fsp3) is 0.333. The zero-order valence-electron chi connectivity index (χ0n) is 16.8. The lowest BCUT2D eigenvalue weighted by molar-refractivity contribution is -0.137. The molecule has 0 bridgehead atoms. The van der Waals surface area contributed by atoms with Crippen molar-refractivity contribution in [3.8, 4) is 0 Å². The number of carbonyl (C=O) groups excluding carboxylic acids is 1. The van der Waals surface area contributed by atoms with Gasteiger partial charge in [0, 0.05) is 32.2 Å². The standard InChI is InChI=1S/C21H25F3N4O.HI/c1-3-5-19(29)28-18-7-4-6-16(12-18)14-27-20(25-2)26-13-15-8-10-17(11-9-15)21(22,23)24;/h4,6-12H,3,5,13-14H2,1-2H3,(H,28,29)(H2,25,26,27);1H. The summed E-state index contributed by atoms with van der Waals surface area (Å²) in [6.45, 7) is 2.76. The predicted octanol–water partition coefficient (Wildman–Crippen LogP) is 4.93. The van der Waals surface area contributed by atoms with Crippen LogP contribution in [0.2, 0.25) is 0 Å². The van der Waals surface area contributed by atoms with Gasteiger partial charge in [-0.05, 0) is 41.8 Å². The van der Waals surface area contributed by atoms with Crippen LogP contribution < -0.4 is 16.0 Å². The lowest BCUT2D eigenvalue weighted by Crippen LogP contribution is -2.36. The number of aliphatic imine (C=N–C) groups is 1. The Morgan fingerprint density at radius 3 is 2.20 bits per heavy atom. The van der Waals surface area contributed by atoms with E-state index in [-0.39, 0.29) is 29.9 Å². The maximum absolute atomic E-state index is 12.6. The molecule has 0 heterocycles. The first-order valence-electron chi connectivity index (χ1n) is 9.31. The van der Waals surface area contributed by atoms with Gasteiger partial charge in [0.2, 0.25) is 5.91 Å². The normalized spacial score (nSPS) is 11.4. The van der Waals surface area contributed by atoms with Crippen LogP contribution in [0, 0.1) is 0 Å². The molecule has 0 aromatic heterocycles. The van der Waals surface area contributed by atoms with E-state index in [4.69, 9.17) is 0 Å². The average Bonchev–Trinajstić information content (AvgIpc) is 2.68. The molecule has 0 radical (unpaired) electrons. The Hall–Kier alpha value is -2.30. The smallest absolute Gasteiger partial charge is 0.352 e. The van der Waals surface area contributed by atoms with E-state index in [1.54, 1.807) is 7.05 Å². The third-order valence-corrected chi connectivity index (χ3v) is 4.11. The SMILES string of the molecule is CCCC(=O)Nc1cccc(CNC(=NC)NCc2ccc(C(F)(F)F)cc2)c1.I. The number of benzene rings is 2. The first-order chi connectivity index (χ1) is 13.8. The van der Waals surface area contributed by atoms with E-state index in [2.05, 4.69) is 20.9 Å². The van der Waals surface area contributed by atoms with Crippen LogP contribution in [0.3, 0.4) is 0 Å². The summed E-state index contributed by atoms with van der Waals surface area (Å²) in [7, 11) is 1.61. The average molecular weight is 534 g/mol. The molecule has 0 fully saturated rings. The molecule has 0 saturated carbocycles. The summed E-state index contributed by atoms with van der Waals surface area (Å²) in [5, 5.41) is 9.06. The second-order valence-corrected chi connectivity index (χ2v) is 6.47. The summed E-state index contributed by atoms with van der Waals surface area (Å²) in [4.78, 5) is 15.8. The fourth-order valence-corrected chi connectivity index (χ4v) is 2.61. The maximum atomic E-state index is 12.6. The highest BCUT2D eigenvalue weighted by Gasteiger charge is 2.29. The van der Waals surface area contributed by atoms with Crippen molar-refractivity contribution in [2.75, 3.05) is 12.4 Å². The highest BCUT2D eigenvalue weighted by atomic mass is 127. The largest absolute Gasteiger partial charge is 0.416 e. The van der Waals surface area contributed by atoms with Gasteiger partial charge in [0.15, 0.2) is 5.96 Å². The molecule has 0 atom stereocenters. The Bertz CT molecular complexity index is 839. The van der Waals surface area contributed by atoms with Crippen molar-refractivity contribution < 1.29 is 18.0 Å². The van der Waals surface area contributed by atoms with Crippen LogP contribution in [0.5, 0.6) is 0 Å². The Morgan fingerprint density at radius 2 is 1.63 bits per heavy atom. The van der Waals surface area contributed by atoms with E-state index in [0.29, 0.717) is 31.0 Å². The molecule has 0 saturated heterocycles. The van der Waals surface area contributed by atoms with Crippen molar-refractivity contribution in [1.29, 1.82) is 0 Å². The van der Waals surface area contributed by atoms with Gasteiger partial charge in [0.1, 0.15) is 0 Å². The molecule has 2 rings (SSSR count). The first kappa shape index (κ1) is 25.7. The van der Waals surface area contributed by atoms with Gasteiger partial charge in [0.05, 0.1) is 5.56 Å². The third kappa shape index (κ3) is 8.60. The molecule has 0 aliphatic heterocycles. The Morgan fingerprint density at radius 1 is 1.00 bits per heavy atom. The summed E-state index contributed by atoms with van der Waals surface area (Å²) in [6, 6.07) is 12.5. The van der Waals surface area contributed by atoms with E-state index in [1.165, 1.54) is 12.1 Å². The lowest BCUT2D eigenvalue weighted by Gasteiger charge is -2.13. The van der Waals surface area contributed by atoms with E-state index < -0.39 is 11.7 Å². The minimum atomic E-state index is -4.34. The van der Waals surface area contributed by atoms with Gasteiger partial charge in [0.25, 0.3) is 0 Å². The monoisotopic (exact) mass is 534 g/mol. The number of nitrogens with zero attached hydrogens (tertiary/aromatic N) is 1. The minimum Gasteiger partial charge on any atom is -0.352 e. The van der Waals surface area contributed by atoms with Crippen molar-refractivity contribution in [2.24, 2.45) is 4.99 Å². The number of hydrogen-bond acceptors (Lipinski definition) is 2. The Labute approximate surface area is 191 Å². The van der Waals surface area contributed by atoms with E-state index in [0.717, 1.165) is 29.8 Å². The molecular weight excluding hydrogens is 508 g/mol. The highest BCUT2D eigenvalue weighted by molar-refractivity contribution is 14.0. The fourth-order valence-electron chi connectivity index (χ4n) is 2.61. The molecule has 3 N–H and O–H groups in total. The van der Waals surface area contributed by atoms with Gasteiger partial charge >= 0.3 is 6.18 Å². The van der Waals surface area contributed by atoms with Crippen molar-refractivity contribution >= 4 is 41.5 Å². The summed E-state index contributed by atoms with van der Waals surface area (Å²) < 4.78 is 37.9. The van der Waals surface area contributed by atoms with Gasteiger partial charge in [-0.2, -0.15) is 13.2 Å². The third-order valence-electron chi connectivity index (χ3n) is 4.11. The van der Waals surface area contributed by atoms with Crippen LogP contribution >= 0.6 is 24.0 Å². The maximum Gasteiger partial charge on any atom is 0.416 e. The van der Waals surface area contributed by atoms with Gasteiger partial charge < -0.3 is 16.0 Å². The number of alkyl halides is 3. The highest BCUT2D eigenvalue weighted by Crippen LogP contribution is 2.29. The van der Waals surface area contributed by atoms with Crippen LogP contribution in [-0.2, 0) is 24.1 Å². The summed E-state index contributed by atoms with van der Waals surface area (Å²) in [6.07, 6.45) is -3.08. The predicted molar refractivity (Wildman–Crippen MR) is 124 cm³/mol. The van der Waals surface area contributed by atoms with Crippen molar-refractivity contribution in [2.45, 2.75) is 39.0 Å². The molecule has 9 heteroatoms. The lowest BCUT2D eigenvalue weighted by atomic mass is 10.1. The molecule has 0 unspecified atom stereocenters.